The molecule has 0 aromatic heterocycles. The molecule has 3 heteroatoms. The Balaban J connectivity index is 1.84. The van der Waals surface area contributed by atoms with Gasteiger partial charge in [-0.05, 0) is 44.9 Å². The summed E-state index contributed by atoms with van der Waals surface area (Å²) in [6.45, 7) is 4.29. The molecule has 0 spiro atoms. The largest absolute Gasteiger partial charge is 0.462 e. The van der Waals surface area contributed by atoms with Crippen LogP contribution in [0, 0.1) is 11.8 Å². The van der Waals surface area contributed by atoms with Crippen LogP contribution in [0.15, 0.2) is 0 Å². The van der Waals surface area contributed by atoms with Gasteiger partial charge in [0.1, 0.15) is 6.10 Å². The second-order valence-corrected chi connectivity index (χ2v) is 6.23. The Bertz CT molecular complexity index is 327. The lowest BCUT2D eigenvalue weighted by molar-refractivity contribution is -0.154. The maximum atomic E-state index is 11.9. The van der Waals surface area contributed by atoms with E-state index < -0.39 is 0 Å². The van der Waals surface area contributed by atoms with Crippen LogP contribution in [0.5, 0.6) is 0 Å². The number of rotatable bonds is 3. The van der Waals surface area contributed by atoms with Crippen molar-refractivity contribution in [3.05, 3.63) is 0 Å². The summed E-state index contributed by atoms with van der Waals surface area (Å²) in [6, 6.07) is 0. The zero-order valence-electron chi connectivity index (χ0n) is 10.8. The Morgan fingerprint density at radius 1 is 1.41 bits per heavy atom. The van der Waals surface area contributed by atoms with Crippen LogP contribution >= 0.6 is 0 Å². The van der Waals surface area contributed by atoms with Crippen LogP contribution in [-0.4, -0.2) is 23.8 Å². The Kier molecular flexibility index (Phi) is 2.69. The minimum Gasteiger partial charge on any atom is -0.462 e. The van der Waals surface area contributed by atoms with Gasteiger partial charge in [0, 0.05) is 6.42 Å². The van der Waals surface area contributed by atoms with Gasteiger partial charge in [-0.15, -0.1) is 0 Å². The van der Waals surface area contributed by atoms with Crippen LogP contribution in [0.25, 0.3) is 0 Å². The monoisotopic (exact) mass is 238 g/mol. The summed E-state index contributed by atoms with van der Waals surface area (Å²) in [5.74, 6) is 0.778. The third-order valence-corrected chi connectivity index (χ3v) is 4.74. The van der Waals surface area contributed by atoms with Crippen LogP contribution in [0.1, 0.15) is 52.4 Å². The van der Waals surface area contributed by atoms with E-state index in [4.69, 9.17) is 9.47 Å². The van der Waals surface area contributed by atoms with Crippen LogP contribution in [0.3, 0.4) is 0 Å². The summed E-state index contributed by atoms with van der Waals surface area (Å²) in [6.07, 6.45) is 6.50. The van der Waals surface area contributed by atoms with E-state index in [9.17, 15) is 4.79 Å². The van der Waals surface area contributed by atoms with E-state index in [0.717, 1.165) is 38.5 Å². The van der Waals surface area contributed by atoms with E-state index in [2.05, 4.69) is 13.8 Å². The van der Waals surface area contributed by atoms with Crippen molar-refractivity contribution in [3.63, 3.8) is 0 Å². The molecular formula is C14H22O3. The first-order chi connectivity index (χ1) is 8.10. The maximum absolute atomic E-state index is 11.9. The number of fused-ring (bicyclic) bond motifs is 1. The lowest BCUT2D eigenvalue weighted by atomic mass is 9.65. The van der Waals surface area contributed by atoms with Crippen molar-refractivity contribution in [1.82, 2.24) is 0 Å². The normalized spacial score (nSPS) is 45.5. The minimum absolute atomic E-state index is 0.0341. The highest BCUT2D eigenvalue weighted by Gasteiger charge is 2.53. The molecule has 2 saturated carbocycles. The molecule has 0 amide bonds. The van der Waals surface area contributed by atoms with Gasteiger partial charge in [0.2, 0.25) is 0 Å². The maximum Gasteiger partial charge on any atom is 0.309 e. The number of esters is 1. The highest BCUT2D eigenvalue weighted by atomic mass is 16.6. The average molecular weight is 238 g/mol. The molecule has 96 valence electrons. The number of hydrogen-bond acceptors (Lipinski definition) is 3. The van der Waals surface area contributed by atoms with Gasteiger partial charge in [0.25, 0.3) is 0 Å². The SMILES string of the molecule is CCC(C)OC12CC3CC(C1)OC(=O)C(C3)C2. The van der Waals surface area contributed by atoms with Crippen LogP contribution < -0.4 is 0 Å². The Morgan fingerprint density at radius 2 is 2.24 bits per heavy atom. The zero-order valence-corrected chi connectivity index (χ0v) is 10.8. The van der Waals surface area contributed by atoms with Crippen molar-refractivity contribution >= 4 is 5.97 Å². The smallest absolute Gasteiger partial charge is 0.309 e. The fourth-order valence-corrected chi connectivity index (χ4v) is 4.03. The molecule has 4 aliphatic rings. The van der Waals surface area contributed by atoms with Gasteiger partial charge in [-0.3, -0.25) is 4.79 Å². The lowest BCUT2D eigenvalue weighted by Gasteiger charge is -2.47. The molecule has 5 unspecified atom stereocenters. The molecule has 2 aliphatic heterocycles. The van der Waals surface area contributed by atoms with E-state index in [1.807, 2.05) is 0 Å². The first-order valence-corrected chi connectivity index (χ1v) is 6.98. The predicted octanol–water partition coefficient (Wildman–Crippen LogP) is 2.68. The van der Waals surface area contributed by atoms with Crippen molar-refractivity contribution < 1.29 is 14.3 Å². The fraction of sp³-hybridized carbons (Fsp3) is 0.929. The van der Waals surface area contributed by atoms with E-state index >= 15 is 0 Å². The molecule has 0 aromatic rings. The van der Waals surface area contributed by atoms with Gasteiger partial charge < -0.3 is 9.47 Å². The predicted molar refractivity (Wildman–Crippen MR) is 63.5 cm³/mol. The third kappa shape index (κ3) is 1.99. The molecule has 0 aromatic carbocycles. The molecule has 0 radical (unpaired) electrons. The van der Waals surface area contributed by atoms with Crippen LogP contribution in [0.2, 0.25) is 0 Å². The van der Waals surface area contributed by atoms with Crippen molar-refractivity contribution in [3.8, 4) is 0 Å². The van der Waals surface area contributed by atoms with Gasteiger partial charge in [-0.2, -0.15) is 0 Å². The number of carbonyl (C=O) groups excluding carboxylic acids is 1. The standard InChI is InChI=1S/C14H22O3/c1-3-9(2)17-14-6-10-4-11(7-14)13(15)16-12(5-10)8-14/h9-12H,3-8H2,1-2H3. The minimum atomic E-state index is -0.0575. The summed E-state index contributed by atoms with van der Waals surface area (Å²) < 4.78 is 11.9. The summed E-state index contributed by atoms with van der Waals surface area (Å²) in [5, 5.41) is 0. The van der Waals surface area contributed by atoms with Gasteiger partial charge in [-0.25, -0.2) is 0 Å². The second-order valence-electron chi connectivity index (χ2n) is 6.23. The molecule has 2 heterocycles. The molecule has 2 aliphatic carbocycles. The Labute approximate surface area is 103 Å². The highest BCUT2D eigenvalue weighted by molar-refractivity contribution is 5.73. The molecular weight excluding hydrogens is 216 g/mol. The average Bonchev–Trinajstić information content (AvgIpc) is 2.41. The number of hydrogen-bond donors (Lipinski definition) is 0. The van der Waals surface area contributed by atoms with Gasteiger partial charge in [-0.1, -0.05) is 6.92 Å². The van der Waals surface area contributed by atoms with E-state index in [-0.39, 0.29) is 23.6 Å². The first-order valence-electron chi connectivity index (χ1n) is 6.98. The zero-order chi connectivity index (χ0) is 12.0. The lowest BCUT2D eigenvalue weighted by Crippen LogP contribution is -2.48. The summed E-state index contributed by atoms with van der Waals surface area (Å²) in [5.41, 5.74) is -0.0575. The second kappa shape index (κ2) is 3.98. The topological polar surface area (TPSA) is 35.5 Å². The van der Waals surface area contributed by atoms with E-state index in [1.54, 1.807) is 0 Å². The Hall–Kier alpha value is -0.570. The number of carbonyl (C=O) groups is 1. The Morgan fingerprint density at radius 3 is 3.00 bits per heavy atom. The highest BCUT2D eigenvalue weighted by Crippen LogP contribution is 2.51. The third-order valence-electron chi connectivity index (χ3n) is 4.74. The fourth-order valence-electron chi connectivity index (χ4n) is 4.03. The van der Waals surface area contributed by atoms with Crippen molar-refractivity contribution in [2.75, 3.05) is 0 Å². The van der Waals surface area contributed by atoms with Gasteiger partial charge in [0.05, 0.1) is 17.6 Å². The quantitative estimate of drug-likeness (QED) is 0.709. The van der Waals surface area contributed by atoms with Crippen molar-refractivity contribution in [2.45, 2.75) is 70.2 Å². The van der Waals surface area contributed by atoms with E-state index in [0.29, 0.717) is 12.0 Å². The molecule has 0 N–H and O–H groups in total. The molecule has 5 atom stereocenters. The molecule has 3 nitrogen and oxygen atoms in total. The molecule has 4 bridgehead atoms. The van der Waals surface area contributed by atoms with Crippen molar-refractivity contribution in [1.29, 1.82) is 0 Å². The van der Waals surface area contributed by atoms with Crippen LogP contribution in [0.4, 0.5) is 0 Å². The summed E-state index contributed by atoms with van der Waals surface area (Å²) in [4.78, 5) is 11.9. The van der Waals surface area contributed by atoms with Crippen LogP contribution in [-0.2, 0) is 14.3 Å². The van der Waals surface area contributed by atoms with E-state index in [1.165, 1.54) is 0 Å². The molecule has 2 saturated heterocycles. The first kappa shape index (κ1) is 11.5. The summed E-state index contributed by atoms with van der Waals surface area (Å²) >= 11 is 0. The summed E-state index contributed by atoms with van der Waals surface area (Å²) in [7, 11) is 0. The number of ether oxygens (including phenoxy) is 2. The molecule has 4 fully saturated rings. The molecule has 4 rings (SSSR count). The van der Waals surface area contributed by atoms with Gasteiger partial charge >= 0.3 is 5.97 Å². The van der Waals surface area contributed by atoms with Gasteiger partial charge in [0.15, 0.2) is 0 Å². The van der Waals surface area contributed by atoms with Crippen molar-refractivity contribution in [2.24, 2.45) is 11.8 Å². The molecule has 17 heavy (non-hydrogen) atoms.